The fourth-order valence-electron chi connectivity index (χ4n) is 1.93. The molecular weight excluding hydrogens is 268 g/mol. The third kappa shape index (κ3) is 6.27. The molecule has 1 aromatic rings. The fourth-order valence-corrected chi connectivity index (χ4v) is 1.93. The van der Waals surface area contributed by atoms with Crippen LogP contribution in [0.1, 0.15) is 33.5 Å². The first-order chi connectivity index (χ1) is 10.2. The van der Waals surface area contributed by atoms with Gasteiger partial charge in [0.25, 0.3) is 0 Å². The maximum absolute atomic E-state index is 5.43. The summed E-state index contributed by atoms with van der Waals surface area (Å²) in [5.41, 5.74) is 0. The van der Waals surface area contributed by atoms with Crippen LogP contribution in [0.2, 0.25) is 0 Å². The van der Waals surface area contributed by atoms with E-state index in [1.165, 1.54) is 0 Å². The van der Waals surface area contributed by atoms with Gasteiger partial charge in [-0.25, -0.2) is 9.97 Å². The molecule has 0 aliphatic heterocycles. The number of anilines is 2. The van der Waals surface area contributed by atoms with Gasteiger partial charge >= 0.3 is 0 Å². The average Bonchev–Trinajstić information content (AvgIpc) is 2.50. The van der Waals surface area contributed by atoms with Crippen molar-refractivity contribution in [2.45, 2.75) is 34.3 Å². The average molecular weight is 296 g/mol. The van der Waals surface area contributed by atoms with Crippen LogP contribution in [0.5, 0.6) is 0 Å². The second-order valence-electron chi connectivity index (χ2n) is 4.47. The molecule has 0 aliphatic carbocycles. The summed E-state index contributed by atoms with van der Waals surface area (Å²) in [5.74, 6) is 2.46. The smallest absolute Gasteiger partial charge is 0.158 e. The molecular formula is C15H28N4O2. The molecule has 0 amide bonds. The van der Waals surface area contributed by atoms with Crippen molar-refractivity contribution in [1.82, 2.24) is 9.97 Å². The molecule has 0 saturated carbocycles. The standard InChI is InChI=1S/C15H28N4O2/c1-5-16-13-11-15(18-14(17-13)12-21-8-4)19(6-2)9-10-20-7-3/h11H,5-10,12H2,1-4H3,(H,16,17,18). The van der Waals surface area contributed by atoms with Gasteiger partial charge in [-0.05, 0) is 27.7 Å². The van der Waals surface area contributed by atoms with Gasteiger partial charge in [0.1, 0.15) is 18.2 Å². The third-order valence-corrected chi connectivity index (χ3v) is 2.97. The van der Waals surface area contributed by atoms with E-state index in [1.54, 1.807) is 0 Å². The lowest BCUT2D eigenvalue weighted by molar-refractivity contribution is 0.128. The maximum Gasteiger partial charge on any atom is 0.158 e. The number of hydrogen-bond donors (Lipinski definition) is 1. The Hall–Kier alpha value is -1.40. The predicted octanol–water partition coefficient (Wildman–Crippen LogP) is 2.31. The van der Waals surface area contributed by atoms with Crippen molar-refractivity contribution in [3.63, 3.8) is 0 Å². The summed E-state index contributed by atoms with van der Waals surface area (Å²) in [5, 5.41) is 3.25. The molecule has 21 heavy (non-hydrogen) atoms. The quantitative estimate of drug-likeness (QED) is 0.632. The monoisotopic (exact) mass is 296 g/mol. The van der Waals surface area contributed by atoms with Crippen LogP contribution in [-0.4, -0.2) is 49.4 Å². The van der Waals surface area contributed by atoms with Gasteiger partial charge in [-0.2, -0.15) is 0 Å². The summed E-state index contributed by atoms with van der Waals surface area (Å²) >= 11 is 0. The van der Waals surface area contributed by atoms with E-state index in [2.05, 4.69) is 34.0 Å². The van der Waals surface area contributed by atoms with Crippen LogP contribution >= 0.6 is 0 Å². The highest BCUT2D eigenvalue weighted by Crippen LogP contribution is 2.16. The van der Waals surface area contributed by atoms with Gasteiger partial charge in [0.05, 0.1) is 6.61 Å². The number of rotatable bonds is 11. The number of ether oxygens (including phenoxy) is 2. The van der Waals surface area contributed by atoms with E-state index in [1.807, 2.05) is 19.9 Å². The molecule has 0 atom stereocenters. The fraction of sp³-hybridized carbons (Fsp3) is 0.733. The van der Waals surface area contributed by atoms with Crippen LogP contribution in [0.25, 0.3) is 0 Å². The van der Waals surface area contributed by atoms with Crippen molar-refractivity contribution in [2.75, 3.05) is 49.7 Å². The molecule has 6 heteroatoms. The molecule has 0 saturated heterocycles. The summed E-state index contributed by atoms with van der Waals surface area (Å²) in [6.07, 6.45) is 0. The Bertz CT molecular complexity index is 401. The molecule has 1 heterocycles. The minimum atomic E-state index is 0.436. The van der Waals surface area contributed by atoms with Crippen LogP contribution < -0.4 is 10.2 Å². The van der Waals surface area contributed by atoms with Crippen LogP contribution in [0, 0.1) is 0 Å². The Morgan fingerprint density at radius 1 is 1.10 bits per heavy atom. The normalized spacial score (nSPS) is 10.7. The molecule has 0 radical (unpaired) electrons. The van der Waals surface area contributed by atoms with Crippen molar-refractivity contribution >= 4 is 11.6 Å². The SMILES string of the molecule is CCNc1cc(N(CC)CCOCC)nc(COCC)n1. The highest BCUT2D eigenvalue weighted by molar-refractivity contribution is 5.49. The first-order valence-electron chi connectivity index (χ1n) is 7.77. The molecule has 0 bridgehead atoms. The molecule has 0 unspecified atom stereocenters. The van der Waals surface area contributed by atoms with Gasteiger partial charge in [0.15, 0.2) is 5.82 Å². The second-order valence-corrected chi connectivity index (χ2v) is 4.47. The minimum absolute atomic E-state index is 0.436. The maximum atomic E-state index is 5.43. The van der Waals surface area contributed by atoms with Gasteiger partial charge < -0.3 is 19.7 Å². The summed E-state index contributed by atoms with van der Waals surface area (Å²) in [4.78, 5) is 11.3. The lowest BCUT2D eigenvalue weighted by atomic mass is 10.4. The van der Waals surface area contributed by atoms with Gasteiger partial charge in [-0.1, -0.05) is 0 Å². The zero-order chi connectivity index (χ0) is 15.5. The van der Waals surface area contributed by atoms with Gasteiger partial charge in [-0.3, -0.25) is 0 Å². The van der Waals surface area contributed by atoms with E-state index >= 15 is 0 Å². The largest absolute Gasteiger partial charge is 0.380 e. The number of nitrogens with zero attached hydrogens (tertiary/aromatic N) is 3. The molecule has 0 fully saturated rings. The van der Waals surface area contributed by atoms with Gasteiger partial charge in [0, 0.05) is 38.9 Å². The Morgan fingerprint density at radius 3 is 2.48 bits per heavy atom. The van der Waals surface area contributed by atoms with E-state index in [9.17, 15) is 0 Å². The summed E-state index contributed by atoms with van der Waals surface area (Å²) in [7, 11) is 0. The van der Waals surface area contributed by atoms with Crippen LogP contribution in [0.3, 0.4) is 0 Å². The van der Waals surface area contributed by atoms with Crippen molar-refractivity contribution in [1.29, 1.82) is 0 Å². The first-order valence-corrected chi connectivity index (χ1v) is 7.77. The highest BCUT2D eigenvalue weighted by Gasteiger charge is 2.10. The number of aromatic nitrogens is 2. The van der Waals surface area contributed by atoms with Gasteiger partial charge in [-0.15, -0.1) is 0 Å². The number of nitrogens with one attached hydrogen (secondary N) is 1. The van der Waals surface area contributed by atoms with Crippen molar-refractivity contribution in [2.24, 2.45) is 0 Å². The molecule has 0 spiro atoms. The molecule has 0 aliphatic rings. The lowest BCUT2D eigenvalue weighted by Crippen LogP contribution is -2.28. The molecule has 1 aromatic heterocycles. The zero-order valence-electron chi connectivity index (χ0n) is 13.7. The second kappa shape index (κ2) is 10.3. The van der Waals surface area contributed by atoms with E-state index in [0.717, 1.165) is 37.9 Å². The highest BCUT2D eigenvalue weighted by atomic mass is 16.5. The number of hydrogen-bond acceptors (Lipinski definition) is 6. The third-order valence-electron chi connectivity index (χ3n) is 2.97. The summed E-state index contributed by atoms with van der Waals surface area (Å²) in [6.45, 7) is 13.2. The van der Waals surface area contributed by atoms with Crippen LogP contribution in [-0.2, 0) is 16.1 Å². The van der Waals surface area contributed by atoms with E-state index in [0.29, 0.717) is 25.6 Å². The van der Waals surface area contributed by atoms with Crippen LogP contribution in [0.15, 0.2) is 6.07 Å². The van der Waals surface area contributed by atoms with Gasteiger partial charge in [0.2, 0.25) is 0 Å². The van der Waals surface area contributed by atoms with Crippen molar-refractivity contribution in [3.05, 3.63) is 11.9 Å². The molecule has 0 aromatic carbocycles. The summed E-state index contributed by atoms with van der Waals surface area (Å²) in [6, 6.07) is 1.98. The molecule has 6 nitrogen and oxygen atoms in total. The zero-order valence-corrected chi connectivity index (χ0v) is 13.7. The minimum Gasteiger partial charge on any atom is -0.380 e. The Labute approximate surface area is 127 Å². The van der Waals surface area contributed by atoms with E-state index < -0.39 is 0 Å². The predicted molar refractivity (Wildman–Crippen MR) is 85.9 cm³/mol. The van der Waals surface area contributed by atoms with Crippen molar-refractivity contribution in [3.8, 4) is 0 Å². The van der Waals surface area contributed by atoms with Crippen LogP contribution in [0.4, 0.5) is 11.6 Å². The topological polar surface area (TPSA) is 59.5 Å². The number of likely N-dealkylation sites (N-methyl/N-ethyl adjacent to an activating group) is 1. The Morgan fingerprint density at radius 2 is 1.86 bits per heavy atom. The van der Waals surface area contributed by atoms with E-state index in [-0.39, 0.29) is 0 Å². The van der Waals surface area contributed by atoms with E-state index in [4.69, 9.17) is 9.47 Å². The molecule has 1 rings (SSSR count). The Balaban J connectivity index is 2.87. The van der Waals surface area contributed by atoms with Crippen molar-refractivity contribution < 1.29 is 9.47 Å². The molecule has 120 valence electrons. The Kier molecular flexibility index (Phi) is 8.69. The lowest BCUT2D eigenvalue weighted by Gasteiger charge is -2.23. The molecule has 1 N–H and O–H groups in total. The first kappa shape index (κ1) is 17.7. The summed E-state index contributed by atoms with van der Waals surface area (Å²) < 4.78 is 10.9.